The molecule has 0 aliphatic rings. The van der Waals surface area contributed by atoms with Gasteiger partial charge in [-0.05, 0) is 13.0 Å². The quantitative estimate of drug-likeness (QED) is 0.545. The van der Waals surface area contributed by atoms with Gasteiger partial charge in [-0.15, -0.1) is 0 Å². The van der Waals surface area contributed by atoms with Crippen LogP contribution in [0, 0.1) is 11.3 Å². The Labute approximate surface area is 72.1 Å². The van der Waals surface area contributed by atoms with Gasteiger partial charge in [0.1, 0.15) is 11.6 Å². The molecule has 0 aliphatic carbocycles. The Morgan fingerprint density at radius 2 is 2.15 bits per heavy atom. The van der Waals surface area contributed by atoms with Crippen LogP contribution >= 0.6 is 0 Å². The monoisotopic (exact) mass is 193 g/mol. The number of carbonyl (C=O) groups is 1. The zero-order valence-electron chi connectivity index (χ0n) is 6.59. The number of nitriles is 1. The molecule has 0 rings (SSSR count). The Hall–Kier alpha value is -1.51. The summed E-state index contributed by atoms with van der Waals surface area (Å²) in [7, 11) is 0. The average Bonchev–Trinajstić information content (AvgIpc) is 1.99. The number of nitrogens with zero attached hydrogens (tertiary/aromatic N) is 1. The highest BCUT2D eigenvalue weighted by Crippen LogP contribution is 2.23. The van der Waals surface area contributed by atoms with Crippen molar-refractivity contribution in [1.29, 1.82) is 5.26 Å². The van der Waals surface area contributed by atoms with Crippen LogP contribution in [-0.2, 0) is 4.79 Å². The standard InChI is InChI=1S/C7H6F3NO2/c1-7(10,6(8)9)2-4(3-11)5(12)13/h2,6H,1H3,(H,12,13)/b4-2-. The molecule has 72 valence electrons. The number of alkyl halides is 3. The minimum Gasteiger partial charge on any atom is -0.477 e. The molecule has 0 fully saturated rings. The van der Waals surface area contributed by atoms with E-state index in [1.165, 1.54) is 0 Å². The Kier molecular flexibility index (Phi) is 3.48. The van der Waals surface area contributed by atoms with Crippen molar-refractivity contribution in [2.75, 3.05) is 0 Å². The molecule has 0 aromatic carbocycles. The normalized spacial score (nSPS) is 16.5. The molecule has 0 heterocycles. The summed E-state index contributed by atoms with van der Waals surface area (Å²) in [6, 6.07) is 1.10. The SMILES string of the molecule is CC(F)(/C=C(/C#N)C(=O)O)C(F)F. The van der Waals surface area contributed by atoms with E-state index in [1.807, 2.05) is 0 Å². The van der Waals surface area contributed by atoms with E-state index >= 15 is 0 Å². The van der Waals surface area contributed by atoms with Gasteiger partial charge in [-0.3, -0.25) is 0 Å². The number of carboxylic acids is 1. The second-order valence-electron chi connectivity index (χ2n) is 2.43. The molecule has 6 heteroatoms. The summed E-state index contributed by atoms with van der Waals surface area (Å²) in [5, 5.41) is 16.3. The first kappa shape index (κ1) is 11.5. The summed E-state index contributed by atoms with van der Waals surface area (Å²) < 4.78 is 36.5. The maximum absolute atomic E-state index is 12.8. The topological polar surface area (TPSA) is 61.1 Å². The number of allylic oxidation sites excluding steroid dienone is 1. The molecule has 13 heavy (non-hydrogen) atoms. The first-order valence-electron chi connectivity index (χ1n) is 3.14. The Balaban J connectivity index is 4.92. The minimum atomic E-state index is -3.37. The molecule has 3 nitrogen and oxygen atoms in total. The van der Waals surface area contributed by atoms with Crippen LogP contribution in [0.15, 0.2) is 11.6 Å². The number of aliphatic carboxylic acids is 1. The summed E-state index contributed by atoms with van der Waals surface area (Å²) in [5.74, 6) is -1.73. The van der Waals surface area contributed by atoms with E-state index in [-0.39, 0.29) is 6.08 Å². The predicted octanol–water partition coefficient (Wildman–Crippen LogP) is 1.51. The largest absolute Gasteiger partial charge is 0.477 e. The van der Waals surface area contributed by atoms with E-state index in [4.69, 9.17) is 10.4 Å². The molecule has 0 bridgehead atoms. The van der Waals surface area contributed by atoms with Gasteiger partial charge in [-0.1, -0.05) is 0 Å². The summed E-state index contributed by atoms with van der Waals surface area (Å²) >= 11 is 0. The van der Waals surface area contributed by atoms with Crippen LogP contribution < -0.4 is 0 Å². The van der Waals surface area contributed by atoms with Gasteiger partial charge < -0.3 is 5.11 Å². The molecule has 1 N–H and O–H groups in total. The van der Waals surface area contributed by atoms with E-state index in [0.717, 1.165) is 6.07 Å². The average molecular weight is 193 g/mol. The fourth-order valence-corrected chi connectivity index (χ4v) is 0.487. The molecule has 0 radical (unpaired) electrons. The molecule has 1 atom stereocenters. The van der Waals surface area contributed by atoms with E-state index in [9.17, 15) is 18.0 Å². The highest BCUT2D eigenvalue weighted by Gasteiger charge is 2.34. The number of rotatable bonds is 3. The van der Waals surface area contributed by atoms with Crippen LogP contribution in [0.25, 0.3) is 0 Å². The summed E-state index contributed by atoms with van der Waals surface area (Å²) in [6.07, 6.45) is -3.27. The highest BCUT2D eigenvalue weighted by molar-refractivity contribution is 5.91. The van der Waals surface area contributed by atoms with Crippen molar-refractivity contribution < 1.29 is 23.1 Å². The molecule has 1 unspecified atom stereocenters. The van der Waals surface area contributed by atoms with Crippen molar-refractivity contribution in [2.24, 2.45) is 0 Å². The molecule has 0 aromatic heterocycles. The van der Waals surface area contributed by atoms with E-state index < -0.39 is 23.6 Å². The maximum atomic E-state index is 12.8. The molecular weight excluding hydrogens is 187 g/mol. The molecule has 0 aliphatic heterocycles. The van der Waals surface area contributed by atoms with Crippen molar-refractivity contribution >= 4 is 5.97 Å². The van der Waals surface area contributed by atoms with Gasteiger partial charge in [-0.2, -0.15) is 5.26 Å². The van der Waals surface area contributed by atoms with Gasteiger partial charge in [0.25, 0.3) is 6.43 Å². The van der Waals surface area contributed by atoms with Crippen molar-refractivity contribution in [3.8, 4) is 6.07 Å². The lowest BCUT2D eigenvalue weighted by Gasteiger charge is -2.13. The number of hydrogen-bond donors (Lipinski definition) is 1. The summed E-state index contributed by atoms with van der Waals surface area (Å²) in [5.41, 5.74) is -4.13. The zero-order chi connectivity index (χ0) is 10.6. The Morgan fingerprint density at radius 1 is 1.69 bits per heavy atom. The van der Waals surface area contributed by atoms with Gasteiger partial charge in [0.15, 0.2) is 5.67 Å². The van der Waals surface area contributed by atoms with E-state index in [0.29, 0.717) is 6.92 Å². The van der Waals surface area contributed by atoms with Crippen molar-refractivity contribution in [2.45, 2.75) is 19.0 Å². The predicted molar refractivity (Wildman–Crippen MR) is 36.8 cm³/mol. The van der Waals surface area contributed by atoms with Gasteiger partial charge in [-0.25, -0.2) is 18.0 Å². The number of carboxylic acid groups (broad SMARTS) is 1. The Bertz CT molecular complexity index is 278. The molecule has 0 amide bonds. The first-order valence-corrected chi connectivity index (χ1v) is 3.14. The second-order valence-corrected chi connectivity index (χ2v) is 2.43. The van der Waals surface area contributed by atoms with Gasteiger partial charge >= 0.3 is 5.97 Å². The lowest BCUT2D eigenvalue weighted by molar-refractivity contribution is -0.132. The fourth-order valence-electron chi connectivity index (χ4n) is 0.487. The van der Waals surface area contributed by atoms with Gasteiger partial charge in [0.2, 0.25) is 0 Å². The van der Waals surface area contributed by atoms with E-state index in [2.05, 4.69) is 0 Å². The summed E-state index contributed by atoms with van der Waals surface area (Å²) in [6.45, 7) is 0.498. The third-order valence-electron chi connectivity index (χ3n) is 1.20. The molecule has 0 aromatic rings. The van der Waals surface area contributed by atoms with Gasteiger partial charge in [0, 0.05) is 0 Å². The van der Waals surface area contributed by atoms with Crippen LogP contribution in [0.2, 0.25) is 0 Å². The van der Waals surface area contributed by atoms with Gasteiger partial charge in [0.05, 0.1) is 0 Å². The maximum Gasteiger partial charge on any atom is 0.346 e. The third-order valence-corrected chi connectivity index (χ3v) is 1.20. The van der Waals surface area contributed by atoms with E-state index in [1.54, 1.807) is 0 Å². The molecule has 0 saturated heterocycles. The van der Waals surface area contributed by atoms with Crippen LogP contribution in [0.5, 0.6) is 0 Å². The van der Waals surface area contributed by atoms with Crippen molar-refractivity contribution in [1.82, 2.24) is 0 Å². The van der Waals surface area contributed by atoms with Crippen molar-refractivity contribution in [3.05, 3.63) is 11.6 Å². The van der Waals surface area contributed by atoms with Crippen LogP contribution in [0.3, 0.4) is 0 Å². The highest BCUT2D eigenvalue weighted by atomic mass is 19.3. The third kappa shape index (κ3) is 3.15. The minimum absolute atomic E-state index is 0.0972. The number of hydrogen-bond acceptors (Lipinski definition) is 2. The van der Waals surface area contributed by atoms with Crippen LogP contribution in [-0.4, -0.2) is 23.2 Å². The van der Waals surface area contributed by atoms with Crippen LogP contribution in [0.1, 0.15) is 6.92 Å². The first-order chi connectivity index (χ1) is 5.81. The number of halogens is 3. The molecule has 0 spiro atoms. The van der Waals surface area contributed by atoms with Crippen molar-refractivity contribution in [3.63, 3.8) is 0 Å². The Morgan fingerprint density at radius 3 is 2.38 bits per heavy atom. The summed E-state index contributed by atoms with van der Waals surface area (Å²) in [4.78, 5) is 10.1. The van der Waals surface area contributed by atoms with Crippen LogP contribution in [0.4, 0.5) is 13.2 Å². The molecular formula is C7H6F3NO2. The lowest BCUT2D eigenvalue weighted by atomic mass is 10.1. The lowest BCUT2D eigenvalue weighted by Crippen LogP contribution is -2.26. The fraction of sp³-hybridized carbons (Fsp3) is 0.429. The zero-order valence-corrected chi connectivity index (χ0v) is 6.59. The second kappa shape index (κ2) is 3.94. The molecule has 0 saturated carbocycles. The smallest absolute Gasteiger partial charge is 0.346 e.